The number of carbonyl (C=O) groups is 2. The van der Waals surface area contributed by atoms with Gasteiger partial charge >= 0.3 is 0 Å². The van der Waals surface area contributed by atoms with Crippen LogP contribution in [-0.2, 0) is 16.0 Å². The third-order valence-electron chi connectivity index (χ3n) is 3.34. The molecule has 0 unspecified atom stereocenters. The topological polar surface area (TPSA) is 78.4 Å². The van der Waals surface area contributed by atoms with E-state index in [2.05, 4.69) is 10.6 Å². The fourth-order valence-electron chi connectivity index (χ4n) is 2.06. The number of benzene rings is 1. The predicted octanol–water partition coefficient (Wildman–Crippen LogP) is 1.91. The molecule has 0 bridgehead atoms. The van der Waals surface area contributed by atoms with Gasteiger partial charge in [-0.2, -0.15) is 0 Å². The van der Waals surface area contributed by atoms with Gasteiger partial charge in [-0.25, -0.2) is 0 Å². The van der Waals surface area contributed by atoms with Gasteiger partial charge < -0.3 is 15.7 Å². The van der Waals surface area contributed by atoms with Gasteiger partial charge in [0.1, 0.15) is 11.8 Å². The molecule has 122 valence electrons. The third kappa shape index (κ3) is 5.39. The number of aryl methyl sites for hydroxylation is 1. The SMILES string of the molecule is Cc1cc(O)ccc1C[C@H](NC(=O)C(C)C)C(=O)NC(C)C. The van der Waals surface area contributed by atoms with Crippen molar-refractivity contribution < 1.29 is 14.7 Å². The predicted molar refractivity (Wildman–Crippen MR) is 86.6 cm³/mol. The largest absolute Gasteiger partial charge is 0.508 e. The van der Waals surface area contributed by atoms with E-state index < -0.39 is 6.04 Å². The number of hydrogen-bond donors (Lipinski definition) is 3. The number of phenols is 1. The first kappa shape index (κ1) is 18.0. The van der Waals surface area contributed by atoms with Crippen molar-refractivity contribution in [1.82, 2.24) is 10.6 Å². The van der Waals surface area contributed by atoms with Crippen LogP contribution in [0, 0.1) is 12.8 Å². The highest BCUT2D eigenvalue weighted by molar-refractivity contribution is 5.88. The molecule has 1 rings (SSSR count). The highest BCUT2D eigenvalue weighted by atomic mass is 16.3. The minimum absolute atomic E-state index is 0.00636. The van der Waals surface area contributed by atoms with Gasteiger partial charge in [0, 0.05) is 18.4 Å². The summed E-state index contributed by atoms with van der Waals surface area (Å²) >= 11 is 0. The van der Waals surface area contributed by atoms with E-state index in [-0.39, 0.29) is 29.5 Å². The van der Waals surface area contributed by atoms with Crippen LogP contribution < -0.4 is 10.6 Å². The molecular weight excluding hydrogens is 280 g/mol. The molecule has 0 heterocycles. The van der Waals surface area contributed by atoms with Crippen molar-refractivity contribution in [2.24, 2.45) is 5.92 Å². The molecular formula is C17H26N2O3. The summed E-state index contributed by atoms with van der Waals surface area (Å²) < 4.78 is 0. The van der Waals surface area contributed by atoms with Gasteiger partial charge in [-0.05, 0) is 44.0 Å². The van der Waals surface area contributed by atoms with Crippen molar-refractivity contribution in [2.45, 2.75) is 53.1 Å². The zero-order valence-electron chi connectivity index (χ0n) is 13.9. The maximum Gasteiger partial charge on any atom is 0.243 e. The van der Waals surface area contributed by atoms with E-state index in [1.807, 2.05) is 20.8 Å². The van der Waals surface area contributed by atoms with Crippen LogP contribution in [-0.4, -0.2) is 29.0 Å². The van der Waals surface area contributed by atoms with E-state index in [4.69, 9.17) is 0 Å². The third-order valence-corrected chi connectivity index (χ3v) is 3.34. The van der Waals surface area contributed by atoms with E-state index in [0.29, 0.717) is 6.42 Å². The van der Waals surface area contributed by atoms with Gasteiger partial charge in [-0.1, -0.05) is 19.9 Å². The minimum atomic E-state index is -0.624. The molecule has 0 aliphatic rings. The molecule has 0 saturated heterocycles. The molecule has 2 amide bonds. The number of nitrogens with one attached hydrogen (secondary N) is 2. The highest BCUT2D eigenvalue weighted by Gasteiger charge is 2.23. The summed E-state index contributed by atoms with van der Waals surface area (Å²) in [5.41, 5.74) is 1.81. The zero-order chi connectivity index (χ0) is 16.9. The lowest BCUT2D eigenvalue weighted by Crippen LogP contribution is -2.50. The summed E-state index contributed by atoms with van der Waals surface area (Å²) in [6.45, 7) is 9.21. The molecule has 1 aromatic rings. The highest BCUT2D eigenvalue weighted by Crippen LogP contribution is 2.17. The van der Waals surface area contributed by atoms with Crippen LogP contribution in [0.2, 0.25) is 0 Å². The number of phenolic OH excluding ortho intramolecular Hbond substituents is 1. The number of carbonyl (C=O) groups excluding carboxylic acids is 2. The van der Waals surface area contributed by atoms with Crippen molar-refractivity contribution in [3.05, 3.63) is 29.3 Å². The normalized spacial score (nSPS) is 12.3. The summed E-state index contributed by atoms with van der Waals surface area (Å²) in [4.78, 5) is 24.3. The van der Waals surface area contributed by atoms with Crippen LogP contribution in [0.15, 0.2) is 18.2 Å². The molecule has 1 aromatic carbocycles. The van der Waals surface area contributed by atoms with Gasteiger partial charge in [0.15, 0.2) is 0 Å². The van der Waals surface area contributed by atoms with Crippen molar-refractivity contribution in [2.75, 3.05) is 0 Å². The number of hydrogen-bond acceptors (Lipinski definition) is 3. The fraction of sp³-hybridized carbons (Fsp3) is 0.529. The Morgan fingerprint density at radius 2 is 1.73 bits per heavy atom. The maximum absolute atomic E-state index is 12.3. The molecule has 0 aliphatic carbocycles. The second-order valence-electron chi connectivity index (χ2n) is 6.19. The van der Waals surface area contributed by atoms with Crippen LogP contribution in [0.5, 0.6) is 5.75 Å². The second kappa shape index (κ2) is 7.82. The van der Waals surface area contributed by atoms with Gasteiger partial charge in [0.2, 0.25) is 11.8 Å². The summed E-state index contributed by atoms with van der Waals surface area (Å²) in [5.74, 6) is -0.345. The Hall–Kier alpha value is -2.04. The maximum atomic E-state index is 12.3. The van der Waals surface area contributed by atoms with E-state index in [1.54, 1.807) is 32.0 Å². The first-order chi connectivity index (χ1) is 10.2. The van der Waals surface area contributed by atoms with Crippen molar-refractivity contribution in [1.29, 1.82) is 0 Å². The lowest BCUT2D eigenvalue weighted by molar-refractivity contribution is -0.130. The van der Waals surface area contributed by atoms with E-state index in [9.17, 15) is 14.7 Å². The van der Waals surface area contributed by atoms with E-state index in [0.717, 1.165) is 11.1 Å². The Balaban J connectivity index is 2.93. The molecule has 0 fully saturated rings. The van der Waals surface area contributed by atoms with Crippen LogP contribution in [0.4, 0.5) is 0 Å². The van der Waals surface area contributed by atoms with Crippen molar-refractivity contribution in [3.63, 3.8) is 0 Å². The van der Waals surface area contributed by atoms with Gasteiger partial charge in [-0.15, -0.1) is 0 Å². The summed E-state index contributed by atoms with van der Waals surface area (Å²) in [6.07, 6.45) is 0.392. The van der Waals surface area contributed by atoms with E-state index >= 15 is 0 Å². The molecule has 3 N–H and O–H groups in total. The quantitative estimate of drug-likeness (QED) is 0.751. The zero-order valence-corrected chi connectivity index (χ0v) is 13.9. The number of rotatable bonds is 6. The molecule has 0 radical (unpaired) electrons. The standard InChI is InChI=1S/C17H26N2O3/c1-10(2)16(21)19-15(17(22)18-11(3)4)9-13-6-7-14(20)8-12(13)5/h6-8,10-11,15,20H,9H2,1-5H3,(H,18,22)(H,19,21)/t15-/m0/s1. The van der Waals surface area contributed by atoms with Crippen LogP contribution in [0.25, 0.3) is 0 Å². The Morgan fingerprint density at radius 3 is 2.23 bits per heavy atom. The van der Waals surface area contributed by atoms with Gasteiger partial charge in [0.05, 0.1) is 0 Å². The number of aromatic hydroxyl groups is 1. The van der Waals surface area contributed by atoms with E-state index in [1.165, 1.54) is 0 Å². The Kier molecular flexibility index (Phi) is 6.40. The van der Waals surface area contributed by atoms with Crippen molar-refractivity contribution in [3.8, 4) is 5.75 Å². The average Bonchev–Trinajstić information content (AvgIpc) is 2.39. The van der Waals surface area contributed by atoms with Crippen LogP contribution in [0.1, 0.15) is 38.8 Å². The first-order valence-corrected chi connectivity index (χ1v) is 7.60. The molecule has 22 heavy (non-hydrogen) atoms. The molecule has 1 atom stereocenters. The monoisotopic (exact) mass is 306 g/mol. The molecule has 5 heteroatoms. The van der Waals surface area contributed by atoms with Crippen LogP contribution in [0.3, 0.4) is 0 Å². The summed E-state index contributed by atoms with van der Waals surface area (Å²) in [5, 5.41) is 15.1. The van der Waals surface area contributed by atoms with Gasteiger partial charge in [-0.3, -0.25) is 9.59 Å². The first-order valence-electron chi connectivity index (χ1n) is 7.60. The summed E-state index contributed by atoms with van der Waals surface area (Å²) in [7, 11) is 0. The molecule has 0 saturated carbocycles. The number of amides is 2. The Bertz CT molecular complexity index is 539. The Labute approximate surface area is 132 Å². The molecule has 5 nitrogen and oxygen atoms in total. The average molecular weight is 306 g/mol. The molecule has 0 spiro atoms. The molecule has 0 aromatic heterocycles. The smallest absolute Gasteiger partial charge is 0.243 e. The van der Waals surface area contributed by atoms with Crippen LogP contribution >= 0.6 is 0 Å². The fourth-order valence-corrected chi connectivity index (χ4v) is 2.06. The summed E-state index contributed by atoms with van der Waals surface area (Å²) in [6, 6.07) is 4.40. The molecule has 0 aliphatic heterocycles. The minimum Gasteiger partial charge on any atom is -0.508 e. The van der Waals surface area contributed by atoms with Gasteiger partial charge in [0.25, 0.3) is 0 Å². The Morgan fingerprint density at radius 1 is 1.09 bits per heavy atom. The second-order valence-corrected chi connectivity index (χ2v) is 6.19. The lowest BCUT2D eigenvalue weighted by Gasteiger charge is -2.22. The lowest BCUT2D eigenvalue weighted by atomic mass is 9.99. The van der Waals surface area contributed by atoms with Crippen molar-refractivity contribution >= 4 is 11.8 Å².